The number of esters is 1. The Kier molecular flexibility index (Phi) is 10.3. The maximum atomic E-state index is 12.7. The van der Waals surface area contributed by atoms with E-state index >= 15 is 0 Å². The summed E-state index contributed by atoms with van der Waals surface area (Å²) >= 11 is 1.68. The zero-order valence-corrected chi connectivity index (χ0v) is 14.7. The summed E-state index contributed by atoms with van der Waals surface area (Å²) in [7, 11) is 0. The summed E-state index contributed by atoms with van der Waals surface area (Å²) in [6.45, 7) is 7.48. The summed E-state index contributed by atoms with van der Waals surface area (Å²) in [4.78, 5) is 11.5. The number of alkyl halides is 2. The van der Waals surface area contributed by atoms with E-state index in [1.54, 1.807) is 11.8 Å². The molecule has 0 unspecified atom stereocenters. The molecule has 2 nitrogen and oxygen atoms in total. The third-order valence-corrected chi connectivity index (χ3v) is 4.46. The van der Waals surface area contributed by atoms with Gasteiger partial charge in [-0.3, -0.25) is 4.79 Å². The molecule has 0 aromatic carbocycles. The molecular formula is C16H30F2O2S. The minimum Gasteiger partial charge on any atom is -0.464 e. The molecule has 0 aliphatic heterocycles. The van der Waals surface area contributed by atoms with Crippen molar-refractivity contribution in [3.63, 3.8) is 0 Å². The van der Waals surface area contributed by atoms with Gasteiger partial charge in [0.05, 0.1) is 0 Å². The van der Waals surface area contributed by atoms with Crippen LogP contribution in [-0.2, 0) is 9.53 Å². The van der Waals surface area contributed by atoms with Crippen LogP contribution in [0, 0.1) is 0 Å². The molecule has 0 fully saturated rings. The highest BCUT2D eigenvalue weighted by molar-refractivity contribution is 8.00. The molecule has 0 aliphatic rings. The van der Waals surface area contributed by atoms with Crippen LogP contribution in [0.15, 0.2) is 0 Å². The quantitative estimate of drug-likeness (QED) is 0.353. The number of hydrogen-bond donors (Lipinski definition) is 0. The Labute approximate surface area is 132 Å². The van der Waals surface area contributed by atoms with Crippen LogP contribution in [-0.4, -0.2) is 29.0 Å². The third-order valence-electron chi connectivity index (χ3n) is 3.07. The van der Waals surface area contributed by atoms with Gasteiger partial charge in [0.2, 0.25) is 5.92 Å². The predicted octanol–water partition coefficient (Wildman–Crippen LogP) is 5.45. The Morgan fingerprint density at radius 2 is 1.76 bits per heavy atom. The maximum Gasteiger partial charge on any atom is 0.305 e. The number of unbranched alkanes of at least 4 members (excludes halogenated alkanes) is 3. The fourth-order valence-corrected chi connectivity index (χ4v) is 2.82. The molecule has 0 spiro atoms. The smallest absolute Gasteiger partial charge is 0.305 e. The first kappa shape index (κ1) is 20.7. The minimum absolute atomic E-state index is 0.0552. The fourth-order valence-electron chi connectivity index (χ4n) is 1.77. The summed E-state index contributed by atoms with van der Waals surface area (Å²) in [5.41, 5.74) is 0. The predicted molar refractivity (Wildman–Crippen MR) is 86.1 cm³/mol. The molecule has 0 bridgehead atoms. The number of rotatable bonds is 12. The first-order valence-electron chi connectivity index (χ1n) is 7.84. The summed E-state index contributed by atoms with van der Waals surface area (Å²) < 4.78 is 30.4. The lowest BCUT2D eigenvalue weighted by atomic mass is 10.2. The van der Waals surface area contributed by atoms with Gasteiger partial charge in [-0.15, -0.1) is 0 Å². The first-order chi connectivity index (χ1) is 9.66. The van der Waals surface area contributed by atoms with Crippen molar-refractivity contribution in [3.05, 3.63) is 0 Å². The van der Waals surface area contributed by atoms with Crippen LogP contribution in [0.2, 0.25) is 0 Å². The molecule has 0 radical (unpaired) electrons. The molecular weight excluding hydrogens is 294 g/mol. The monoisotopic (exact) mass is 324 g/mol. The van der Waals surface area contributed by atoms with Crippen molar-refractivity contribution >= 4 is 17.7 Å². The van der Waals surface area contributed by atoms with Crippen LogP contribution < -0.4 is 0 Å². The molecule has 5 heteroatoms. The number of hydrogen-bond acceptors (Lipinski definition) is 3. The van der Waals surface area contributed by atoms with Gasteiger partial charge in [-0.2, -0.15) is 11.8 Å². The number of halogens is 2. The van der Waals surface area contributed by atoms with Gasteiger partial charge in [0.15, 0.2) is 0 Å². The molecule has 0 aromatic heterocycles. The standard InChI is InChI=1S/C16H30F2O2S/c1-5-6-7-10-14(19)20-13-15(2,3)21-12-9-8-11-16(4,17)18/h5-13H2,1-4H3. The minimum atomic E-state index is -2.56. The second-order valence-electron chi connectivity index (χ2n) is 6.25. The molecule has 0 aliphatic carbocycles. The van der Waals surface area contributed by atoms with Crippen molar-refractivity contribution in [3.8, 4) is 0 Å². The number of ether oxygens (including phenoxy) is 1. The average molecular weight is 324 g/mol. The van der Waals surface area contributed by atoms with E-state index in [-0.39, 0.29) is 17.1 Å². The van der Waals surface area contributed by atoms with Crippen molar-refractivity contribution in [2.75, 3.05) is 12.4 Å². The summed E-state index contributed by atoms with van der Waals surface area (Å²) in [5.74, 6) is -1.88. The van der Waals surface area contributed by atoms with Crippen molar-refractivity contribution < 1.29 is 18.3 Å². The largest absolute Gasteiger partial charge is 0.464 e. The summed E-state index contributed by atoms with van der Waals surface area (Å²) in [6, 6.07) is 0. The van der Waals surface area contributed by atoms with Crippen molar-refractivity contribution in [2.24, 2.45) is 0 Å². The number of carbonyl (C=O) groups excluding carboxylic acids is 1. The van der Waals surface area contributed by atoms with Gasteiger partial charge in [-0.1, -0.05) is 19.8 Å². The van der Waals surface area contributed by atoms with Gasteiger partial charge in [0.1, 0.15) is 6.61 Å². The topological polar surface area (TPSA) is 26.3 Å². The van der Waals surface area contributed by atoms with E-state index in [1.165, 1.54) is 0 Å². The van der Waals surface area contributed by atoms with E-state index < -0.39 is 5.92 Å². The van der Waals surface area contributed by atoms with Crippen molar-refractivity contribution in [1.82, 2.24) is 0 Å². The second kappa shape index (κ2) is 10.4. The van der Waals surface area contributed by atoms with E-state index in [1.807, 2.05) is 13.8 Å². The Bertz CT molecular complexity index is 288. The Morgan fingerprint density at radius 3 is 2.33 bits per heavy atom. The molecule has 126 valence electrons. The Hall–Kier alpha value is -0.320. The Balaban J connectivity index is 3.70. The van der Waals surface area contributed by atoms with Crippen LogP contribution in [0.3, 0.4) is 0 Å². The van der Waals surface area contributed by atoms with Gasteiger partial charge in [0, 0.05) is 17.6 Å². The second-order valence-corrected chi connectivity index (χ2v) is 8.06. The van der Waals surface area contributed by atoms with Crippen LogP contribution in [0.1, 0.15) is 72.6 Å². The molecule has 0 aromatic rings. The zero-order valence-electron chi connectivity index (χ0n) is 13.8. The third kappa shape index (κ3) is 14.4. The Morgan fingerprint density at radius 1 is 1.10 bits per heavy atom. The van der Waals surface area contributed by atoms with E-state index in [0.29, 0.717) is 19.4 Å². The molecule has 0 rings (SSSR count). The normalized spacial score (nSPS) is 12.5. The summed E-state index contributed by atoms with van der Waals surface area (Å²) in [6.07, 6.45) is 4.75. The van der Waals surface area contributed by atoms with Crippen LogP contribution in [0.25, 0.3) is 0 Å². The SMILES string of the molecule is CCCCCC(=O)OCC(C)(C)SCCCCC(C)(F)F. The molecule has 0 N–H and O–H groups in total. The molecule has 0 saturated heterocycles. The van der Waals surface area contributed by atoms with Gasteiger partial charge >= 0.3 is 5.97 Å². The molecule has 0 heterocycles. The molecule has 21 heavy (non-hydrogen) atoms. The lowest BCUT2D eigenvalue weighted by Gasteiger charge is -2.23. The highest BCUT2D eigenvalue weighted by atomic mass is 32.2. The highest BCUT2D eigenvalue weighted by Crippen LogP contribution is 2.27. The molecule has 0 amide bonds. The number of thioether (sulfide) groups is 1. The van der Waals surface area contributed by atoms with E-state index in [4.69, 9.17) is 4.74 Å². The fraction of sp³-hybridized carbons (Fsp3) is 0.938. The van der Waals surface area contributed by atoms with Gasteiger partial charge < -0.3 is 4.74 Å². The lowest BCUT2D eigenvalue weighted by molar-refractivity contribution is -0.144. The average Bonchev–Trinajstić information content (AvgIpc) is 2.35. The van der Waals surface area contributed by atoms with Crippen LogP contribution in [0.5, 0.6) is 0 Å². The number of carbonyl (C=O) groups is 1. The van der Waals surface area contributed by atoms with E-state index in [0.717, 1.165) is 38.4 Å². The van der Waals surface area contributed by atoms with E-state index in [2.05, 4.69) is 6.92 Å². The maximum absolute atomic E-state index is 12.7. The van der Waals surface area contributed by atoms with Gasteiger partial charge in [-0.05, 0) is 45.8 Å². The van der Waals surface area contributed by atoms with Gasteiger partial charge in [0.25, 0.3) is 0 Å². The van der Waals surface area contributed by atoms with Crippen LogP contribution >= 0.6 is 11.8 Å². The summed E-state index contributed by atoms with van der Waals surface area (Å²) in [5, 5.41) is 0. The van der Waals surface area contributed by atoms with Crippen molar-refractivity contribution in [2.45, 2.75) is 83.3 Å². The van der Waals surface area contributed by atoms with Crippen LogP contribution in [0.4, 0.5) is 8.78 Å². The molecule has 0 atom stereocenters. The van der Waals surface area contributed by atoms with Gasteiger partial charge in [-0.25, -0.2) is 8.78 Å². The zero-order chi connectivity index (χ0) is 16.4. The van der Waals surface area contributed by atoms with E-state index in [9.17, 15) is 13.6 Å². The highest BCUT2D eigenvalue weighted by Gasteiger charge is 2.22. The lowest BCUT2D eigenvalue weighted by Crippen LogP contribution is -2.25. The molecule has 0 saturated carbocycles. The first-order valence-corrected chi connectivity index (χ1v) is 8.82. The van der Waals surface area contributed by atoms with Crippen molar-refractivity contribution in [1.29, 1.82) is 0 Å².